The molecule has 0 unspecified atom stereocenters. The van der Waals surface area contributed by atoms with Crippen LogP contribution < -0.4 is 0 Å². The van der Waals surface area contributed by atoms with E-state index in [1.54, 1.807) is 13.0 Å². The van der Waals surface area contributed by atoms with Crippen LogP contribution in [0.4, 0.5) is 5.69 Å². The van der Waals surface area contributed by atoms with Gasteiger partial charge in [0.25, 0.3) is 15.7 Å². The Morgan fingerprint density at radius 2 is 2.15 bits per heavy atom. The first-order chi connectivity index (χ1) is 9.34. The number of nitrogens with zero attached hydrogens (tertiary/aromatic N) is 3. The van der Waals surface area contributed by atoms with Gasteiger partial charge in [-0.3, -0.25) is 10.1 Å². The smallest absolute Gasteiger partial charge is 0.258 e. The summed E-state index contributed by atoms with van der Waals surface area (Å²) in [6, 6.07) is 5.06. The number of benzene rings is 1. The van der Waals surface area contributed by atoms with Crippen molar-refractivity contribution in [1.29, 1.82) is 5.26 Å². The minimum Gasteiger partial charge on any atom is -0.258 e. The van der Waals surface area contributed by atoms with E-state index in [9.17, 15) is 18.5 Å². The first-order valence-corrected chi connectivity index (χ1v) is 7.47. The largest absolute Gasteiger partial charge is 0.290 e. The summed E-state index contributed by atoms with van der Waals surface area (Å²) in [7, 11) is -4.11. The monoisotopic (exact) mass is 317 g/mol. The second kappa shape index (κ2) is 6.65. The summed E-state index contributed by atoms with van der Waals surface area (Å²) in [4.78, 5) is 9.69. The van der Waals surface area contributed by atoms with Gasteiger partial charge in [-0.05, 0) is 18.6 Å². The molecule has 0 heterocycles. The van der Waals surface area contributed by atoms with Crippen molar-refractivity contribution in [3.8, 4) is 6.07 Å². The molecule has 0 aliphatic rings. The van der Waals surface area contributed by atoms with E-state index in [-0.39, 0.29) is 18.1 Å². The van der Waals surface area contributed by atoms with Gasteiger partial charge in [-0.15, -0.1) is 0 Å². The molecule has 0 spiro atoms. The number of nitro groups is 1. The number of sulfonamides is 1. The fraction of sp³-hybridized carbons (Fsp3) is 0.364. The SMILES string of the molecule is CCCN(CC#N)S(=O)(=O)c1ccc(Cl)cc1[N+](=O)[O-]. The molecule has 0 aromatic heterocycles. The van der Waals surface area contributed by atoms with Gasteiger partial charge in [0.2, 0.25) is 0 Å². The molecular weight excluding hydrogens is 306 g/mol. The fourth-order valence-electron chi connectivity index (χ4n) is 1.60. The molecule has 0 fully saturated rings. The van der Waals surface area contributed by atoms with Crippen LogP contribution in [0.2, 0.25) is 5.02 Å². The van der Waals surface area contributed by atoms with Crippen molar-refractivity contribution in [2.45, 2.75) is 18.2 Å². The van der Waals surface area contributed by atoms with Gasteiger partial charge in [0, 0.05) is 17.6 Å². The summed E-state index contributed by atoms with van der Waals surface area (Å²) in [5.74, 6) is 0. The third kappa shape index (κ3) is 3.45. The van der Waals surface area contributed by atoms with Crippen LogP contribution in [0.3, 0.4) is 0 Å². The van der Waals surface area contributed by atoms with Crippen LogP contribution in [-0.2, 0) is 10.0 Å². The zero-order valence-corrected chi connectivity index (χ0v) is 12.2. The fourth-order valence-corrected chi connectivity index (χ4v) is 3.34. The maximum Gasteiger partial charge on any atom is 0.290 e. The molecule has 9 heteroatoms. The predicted molar refractivity (Wildman–Crippen MR) is 72.8 cm³/mol. The molecule has 0 bridgehead atoms. The van der Waals surface area contributed by atoms with E-state index in [1.807, 2.05) is 0 Å². The molecular formula is C11H12ClN3O4S. The van der Waals surface area contributed by atoms with Gasteiger partial charge >= 0.3 is 0 Å². The highest BCUT2D eigenvalue weighted by Gasteiger charge is 2.31. The maximum atomic E-state index is 12.4. The van der Waals surface area contributed by atoms with E-state index in [0.717, 1.165) is 16.4 Å². The van der Waals surface area contributed by atoms with Crippen LogP contribution in [0.15, 0.2) is 23.1 Å². The first-order valence-electron chi connectivity index (χ1n) is 5.65. The Hall–Kier alpha value is -1.69. The zero-order valence-electron chi connectivity index (χ0n) is 10.6. The van der Waals surface area contributed by atoms with Crippen molar-refractivity contribution in [3.63, 3.8) is 0 Å². The predicted octanol–water partition coefficient (Wildman–Crippen LogP) is 2.17. The lowest BCUT2D eigenvalue weighted by molar-refractivity contribution is -0.387. The Balaban J connectivity index is 3.41. The molecule has 7 nitrogen and oxygen atoms in total. The van der Waals surface area contributed by atoms with E-state index >= 15 is 0 Å². The molecule has 0 aliphatic carbocycles. The van der Waals surface area contributed by atoms with Crippen molar-refractivity contribution in [3.05, 3.63) is 33.3 Å². The Kier molecular flexibility index (Phi) is 5.44. The van der Waals surface area contributed by atoms with Gasteiger partial charge < -0.3 is 0 Å². The van der Waals surface area contributed by atoms with Crippen LogP contribution in [0.1, 0.15) is 13.3 Å². The summed E-state index contributed by atoms with van der Waals surface area (Å²) in [6.45, 7) is 1.49. The van der Waals surface area contributed by atoms with Gasteiger partial charge in [-0.1, -0.05) is 18.5 Å². The molecule has 1 aromatic rings. The number of hydrogen-bond donors (Lipinski definition) is 0. The Morgan fingerprint density at radius 3 is 2.65 bits per heavy atom. The van der Waals surface area contributed by atoms with Crippen molar-refractivity contribution < 1.29 is 13.3 Å². The second-order valence-corrected chi connectivity index (χ2v) is 6.21. The standard InChI is InChI=1S/C11H12ClN3O4S/c1-2-6-14(7-5-13)20(18,19)11-4-3-9(12)8-10(11)15(16)17/h3-4,8H,2,6-7H2,1H3. The molecule has 0 saturated carbocycles. The molecule has 0 amide bonds. The first kappa shape index (κ1) is 16.4. The average molecular weight is 318 g/mol. The van der Waals surface area contributed by atoms with E-state index in [0.29, 0.717) is 6.42 Å². The van der Waals surface area contributed by atoms with Gasteiger partial charge in [0.15, 0.2) is 4.90 Å². The average Bonchev–Trinajstić information content (AvgIpc) is 2.38. The highest BCUT2D eigenvalue weighted by molar-refractivity contribution is 7.89. The lowest BCUT2D eigenvalue weighted by Gasteiger charge is -2.18. The summed E-state index contributed by atoms with van der Waals surface area (Å²) in [6.07, 6.45) is 0.488. The molecule has 1 aromatic carbocycles. The van der Waals surface area contributed by atoms with E-state index < -0.39 is 25.5 Å². The Labute approximate surface area is 121 Å². The Morgan fingerprint density at radius 1 is 1.50 bits per heavy atom. The lowest BCUT2D eigenvalue weighted by Crippen LogP contribution is -2.32. The van der Waals surface area contributed by atoms with Gasteiger partial charge in [-0.25, -0.2) is 8.42 Å². The van der Waals surface area contributed by atoms with Crippen LogP contribution in [0, 0.1) is 21.4 Å². The third-order valence-electron chi connectivity index (χ3n) is 2.46. The summed E-state index contributed by atoms with van der Waals surface area (Å²) in [5, 5.41) is 19.7. The zero-order chi connectivity index (χ0) is 15.3. The number of rotatable bonds is 6. The third-order valence-corrected chi connectivity index (χ3v) is 4.58. The summed E-state index contributed by atoms with van der Waals surface area (Å²) in [5.41, 5.74) is -0.600. The molecule has 0 atom stereocenters. The van der Waals surface area contributed by atoms with Crippen LogP contribution >= 0.6 is 11.6 Å². The molecule has 20 heavy (non-hydrogen) atoms. The lowest BCUT2D eigenvalue weighted by atomic mass is 10.3. The maximum absolute atomic E-state index is 12.4. The molecule has 1 rings (SSSR count). The topological polar surface area (TPSA) is 104 Å². The molecule has 0 saturated heterocycles. The quantitative estimate of drug-likeness (QED) is 0.454. The number of nitriles is 1. The van der Waals surface area contributed by atoms with E-state index in [2.05, 4.69) is 0 Å². The van der Waals surface area contributed by atoms with Gasteiger partial charge in [-0.2, -0.15) is 9.57 Å². The molecule has 108 valence electrons. The summed E-state index contributed by atoms with van der Waals surface area (Å²) >= 11 is 5.65. The number of hydrogen-bond acceptors (Lipinski definition) is 5. The van der Waals surface area contributed by atoms with Gasteiger partial charge in [0.05, 0.1) is 11.0 Å². The van der Waals surface area contributed by atoms with Crippen LogP contribution in [0.25, 0.3) is 0 Å². The number of nitro benzene ring substituents is 1. The highest BCUT2D eigenvalue weighted by atomic mass is 35.5. The van der Waals surface area contributed by atoms with Crippen molar-refractivity contribution >= 4 is 27.3 Å². The minimum absolute atomic E-state index is 0.0676. The van der Waals surface area contributed by atoms with Crippen LogP contribution in [-0.4, -0.2) is 30.7 Å². The van der Waals surface area contributed by atoms with Crippen molar-refractivity contribution in [2.75, 3.05) is 13.1 Å². The van der Waals surface area contributed by atoms with Crippen molar-refractivity contribution in [1.82, 2.24) is 4.31 Å². The Bertz CT molecular complexity index is 654. The number of halogens is 1. The second-order valence-electron chi connectivity index (χ2n) is 3.87. The summed E-state index contributed by atoms with van der Waals surface area (Å²) < 4.78 is 25.7. The molecule has 0 N–H and O–H groups in total. The normalized spacial score (nSPS) is 11.3. The van der Waals surface area contributed by atoms with E-state index in [4.69, 9.17) is 16.9 Å². The highest BCUT2D eigenvalue weighted by Crippen LogP contribution is 2.29. The molecule has 0 aliphatic heterocycles. The van der Waals surface area contributed by atoms with Crippen LogP contribution in [0.5, 0.6) is 0 Å². The molecule has 0 radical (unpaired) electrons. The van der Waals surface area contributed by atoms with Crippen molar-refractivity contribution in [2.24, 2.45) is 0 Å². The van der Waals surface area contributed by atoms with E-state index in [1.165, 1.54) is 6.07 Å². The van der Waals surface area contributed by atoms with Gasteiger partial charge in [0.1, 0.15) is 6.54 Å². The minimum atomic E-state index is -4.11.